The highest BCUT2D eigenvalue weighted by molar-refractivity contribution is 6.30. The Kier molecular flexibility index (Phi) is 7.62. The molecule has 5 nitrogen and oxygen atoms in total. The van der Waals surface area contributed by atoms with Crippen molar-refractivity contribution in [3.63, 3.8) is 0 Å². The summed E-state index contributed by atoms with van der Waals surface area (Å²) in [6, 6.07) is 16.1. The lowest BCUT2D eigenvalue weighted by Gasteiger charge is -2.35. The van der Waals surface area contributed by atoms with Crippen LogP contribution in [0.1, 0.15) is 31.9 Å². The minimum Gasteiger partial charge on any atom is -0.493 e. The molecule has 0 unspecified atom stereocenters. The third kappa shape index (κ3) is 7.22. The second-order valence-corrected chi connectivity index (χ2v) is 9.05. The number of carbonyl (C=O) groups excluding carboxylic acids is 1. The van der Waals surface area contributed by atoms with Gasteiger partial charge in [0.2, 0.25) is 0 Å². The molecule has 1 fully saturated rings. The lowest BCUT2D eigenvalue weighted by atomic mass is 10.1. The minimum absolute atomic E-state index is 0.216. The van der Waals surface area contributed by atoms with E-state index in [-0.39, 0.29) is 6.09 Å². The summed E-state index contributed by atoms with van der Waals surface area (Å²) in [6.07, 6.45) is 0.632. The molecule has 6 heteroatoms. The van der Waals surface area contributed by atoms with Crippen molar-refractivity contribution in [3.05, 3.63) is 64.7 Å². The van der Waals surface area contributed by atoms with Gasteiger partial charge in [-0.25, -0.2) is 4.79 Å². The Labute approximate surface area is 184 Å². The smallest absolute Gasteiger partial charge is 0.410 e. The summed E-state index contributed by atoms with van der Waals surface area (Å²) in [5, 5.41) is 0.684. The third-order valence-electron chi connectivity index (χ3n) is 4.91. The van der Waals surface area contributed by atoms with E-state index in [2.05, 4.69) is 29.2 Å². The Bertz CT molecular complexity index is 825. The highest BCUT2D eigenvalue weighted by Crippen LogP contribution is 2.18. The van der Waals surface area contributed by atoms with Crippen LogP contribution in [0.15, 0.2) is 48.5 Å². The third-order valence-corrected chi connectivity index (χ3v) is 5.14. The number of hydrogen-bond acceptors (Lipinski definition) is 4. The number of piperazine rings is 1. The Hall–Kier alpha value is -2.24. The zero-order chi connectivity index (χ0) is 21.6. The zero-order valence-corrected chi connectivity index (χ0v) is 18.8. The number of hydrogen-bond donors (Lipinski definition) is 0. The van der Waals surface area contributed by atoms with Crippen molar-refractivity contribution in [1.29, 1.82) is 0 Å². The fourth-order valence-corrected chi connectivity index (χ4v) is 3.51. The van der Waals surface area contributed by atoms with Crippen LogP contribution in [-0.4, -0.2) is 54.3 Å². The molecule has 30 heavy (non-hydrogen) atoms. The molecule has 2 aromatic rings. The second-order valence-electron chi connectivity index (χ2n) is 8.62. The first-order chi connectivity index (χ1) is 14.3. The molecule has 0 aromatic heterocycles. The van der Waals surface area contributed by atoms with E-state index in [4.69, 9.17) is 21.1 Å². The number of rotatable bonds is 6. The van der Waals surface area contributed by atoms with E-state index in [9.17, 15) is 4.79 Å². The highest BCUT2D eigenvalue weighted by atomic mass is 35.5. The van der Waals surface area contributed by atoms with Gasteiger partial charge in [0, 0.05) is 44.2 Å². The quantitative estimate of drug-likeness (QED) is 0.645. The molecule has 1 saturated heterocycles. The van der Waals surface area contributed by atoms with Crippen LogP contribution in [-0.2, 0) is 17.7 Å². The van der Waals surface area contributed by atoms with Crippen molar-refractivity contribution < 1.29 is 14.3 Å². The number of halogens is 1. The fraction of sp³-hybridized carbons (Fsp3) is 0.458. The Balaban J connectivity index is 1.40. The minimum atomic E-state index is -0.449. The summed E-state index contributed by atoms with van der Waals surface area (Å²) in [4.78, 5) is 16.3. The maximum absolute atomic E-state index is 12.2. The molecule has 0 spiro atoms. The van der Waals surface area contributed by atoms with E-state index < -0.39 is 5.60 Å². The van der Waals surface area contributed by atoms with Crippen molar-refractivity contribution in [1.82, 2.24) is 9.80 Å². The van der Waals surface area contributed by atoms with Crippen LogP contribution in [0.25, 0.3) is 0 Å². The number of amides is 1. The zero-order valence-electron chi connectivity index (χ0n) is 18.1. The van der Waals surface area contributed by atoms with E-state index >= 15 is 0 Å². The molecular weight excluding hydrogens is 400 g/mol. The first-order valence-corrected chi connectivity index (χ1v) is 10.8. The predicted octanol–water partition coefficient (Wildman–Crippen LogP) is 5.01. The topological polar surface area (TPSA) is 42.0 Å². The first kappa shape index (κ1) is 22.4. The lowest BCUT2D eigenvalue weighted by molar-refractivity contribution is 0.0139. The van der Waals surface area contributed by atoms with Crippen LogP contribution < -0.4 is 4.74 Å². The molecule has 0 bridgehead atoms. The number of ether oxygens (including phenoxy) is 2. The lowest BCUT2D eigenvalue weighted by Crippen LogP contribution is -2.49. The number of nitrogens with zero attached hydrogens (tertiary/aromatic N) is 2. The molecular formula is C24H31ClN2O3. The van der Waals surface area contributed by atoms with Gasteiger partial charge in [-0.3, -0.25) is 4.90 Å². The molecule has 1 aliphatic rings. The molecule has 3 rings (SSSR count). The van der Waals surface area contributed by atoms with Gasteiger partial charge in [-0.2, -0.15) is 0 Å². The summed E-state index contributed by atoms with van der Waals surface area (Å²) in [7, 11) is 0. The molecule has 1 amide bonds. The average molecular weight is 431 g/mol. The first-order valence-electron chi connectivity index (χ1n) is 10.4. The number of benzene rings is 2. The van der Waals surface area contributed by atoms with E-state index in [1.165, 1.54) is 11.1 Å². The van der Waals surface area contributed by atoms with Crippen LogP contribution in [0.5, 0.6) is 5.75 Å². The van der Waals surface area contributed by atoms with Gasteiger partial charge in [-0.1, -0.05) is 41.9 Å². The predicted molar refractivity (Wildman–Crippen MR) is 120 cm³/mol. The van der Waals surface area contributed by atoms with Crippen molar-refractivity contribution in [3.8, 4) is 5.75 Å². The fourth-order valence-electron chi connectivity index (χ4n) is 3.33. The Morgan fingerprint density at radius 1 is 1.00 bits per heavy atom. The van der Waals surface area contributed by atoms with Gasteiger partial charge >= 0.3 is 6.09 Å². The van der Waals surface area contributed by atoms with Crippen LogP contribution in [0.4, 0.5) is 4.79 Å². The normalized spacial score (nSPS) is 15.1. The molecule has 0 saturated carbocycles. The molecule has 0 radical (unpaired) electrons. The van der Waals surface area contributed by atoms with Crippen LogP contribution in [0.3, 0.4) is 0 Å². The Morgan fingerprint density at radius 3 is 2.30 bits per heavy atom. The summed E-state index contributed by atoms with van der Waals surface area (Å²) in [6.45, 7) is 10.3. The standard InChI is InChI=1S/C24H31ClN2O3/c1-24(2,3)30-23(28)27-14-12-26(13-15-27)18-20-9-7-19(8-10-20)11-16-29-22-6-4-5-21(25)17-22/h4-10,17H,11-16,18H2,1-3H3. The van der Waals surface area contributed by atoms with Gasteiger partial charge in [0.15, 0.2) is 0 Å². The summed E-state index contributed by atoms with van der Waals surface area (Å²) in [5.74, 6) is 0.796. The molecule has 1 aliphatic heterocycles. The molecule has 1 heterocycles. The van der Waals surface area contributed by atoms with Crippen LogP contribution in [0, 0.1) is 0 Å². The van der Waals surface area contributed by atoms with Gasteiger partial charge in [-0.05, 0) is 50.1 Å². The molecule has 162 valence electrons. The largest absolute Gasteiger partial charge is 0.493 e. The van der Waals surface area contributed by atoms with Gasteiger partial charge in [0.1, 0.15) is 11.4 Å². The van der Waals surface area contributed by atoms with Gasteiger partial charge in [-0.15, -0.1) is 0 Å². The maximum atomic E-state index is 12.2. The van der Waals surface area contributed by atoms with Gasteiger partial charge in [0.25, 0.3) is 0 Å². The van der Waals surface area contributed by atoms with Gasteiger partial charge in [0.05, 0.1) is 6.61 Å². The van der Waals surface area contributed by atoms with E-state index in [0.29, 0.717) is 24.7 Å². The molecule has 0 N–H and O–H groups in total. The van der Waals surface area contributed by atoms with E-state index in [1.807, 2.05) is 45.0 Å². The summed E-state index contributed by atoms with van der Waals surface area (Å²) >= 11 is 5.98. The van der Waals surface area contributed by atoms with Crippen LogP contribution in [0.2, 0.25) is 5.02 Å². The number of carbonyl (C=O) groups is 1. The summed E-state index contributed by atoms with van der Waals surface area (Å²) < 4.78 is 11.2. The molecule has 0 aliphatic carbocycles. The van der Waals surface area contributed by atoms with Crippen molar-refractivity contribution in [2.75, 3.05) is 32.8 Å². The average Bonchev–Trinajstić information content (AvgIpc) is 2.69. The Morgan fingerprint density at radius 2 is 1.67 bits per heavy atom. The summed E-state index contributed by atoms with van der Waals surface area (Å²) in [5.41, 5.74) is 2.07. The monoisotopic (exact) mass is 430 g/mol. The second kappa shape index (κ2) is 10.2. The van der Waals surface area contributed by atoms with Crippen molar-refractivity contribution in [2.45, 2.75) is 39.3 Å². The van der Waals surface area contributed by atoms with Crippen molar-refractivity contribution >= 4 is 17.7 Å². The van der Waals surface area contributed by atoms with Crippen molar-refractivity contribution in [2.24, 2.45) is 0 Å². The highest BCUT2D eigenvalue weighted by Gasteiger charge is 2.25. The maximum Gasteiger partial charge on any atom is 0.410 e. The van der Waals surface area contributed by atoms with E-state index in [1.54, 1.807) is 4.90 Å². The van der Waals surface area contributed by atoms with Gasteiger partial charge < -0.3 is 14.4 Å². The van der Waals surface area contributed by atoms with E-state index in [0.717, 1.165) is 31.8 Å². The molecule has 0 atom stereocenters. The molecule has 2 aromatic carbocycles. The van der Waals surface area contributed by atoms with Crippen LogP contribution >= 0.6 is 11.6 Å². The SMILES string of the molecule is CC(C)(C)OC(=O)N1CCN(Cc2ccc(CCOc3cccc(Cl)c3)cc2)CC1.